The third-order valence-corrected chi connectivity index (χ3v) is 4.27. The summed E-state index contributed by atoms with van der Waals surface area (Å²) in [5.74, 6) is -0.655. The summed E-state index contributed by atoms with van der Waals surface area (Å²) in [5, 5.41) is 9.39. The molecule has 2 rings (SSSR count). The first-order chi connectivity index (χ1) is 10.3. The number of anilines is 1. The minimum atomic E-state index is -0.826. The summed E-state index contributed by atoms with van der Waals surface area (Å²) >= 11 is 0. The largest absolute Gasteiger partial charge is 0.481 e. The van der Waals surface area contributed by atoms with Crippen LogP contribution in [0.3, 0.4) is 0 Å². The second kappa shape index (κ2) is 6.34. The van der Waals surface area contributed by atoms with E-state index in [4.69, 9.17) is 0 Å². The van der Waals surface area contributed by atoms with Gasteiger partial charge in [0, 0.05) is 33.4 Å². The van der Waals surface area contributed by atoms with Gasteiger partial charge in [0.15, 0.2) is 0 Å². The molecule has 1 saturated heterocycles. The molecular weight excluding hydrogens is 282 g/mol. The minimum absolute atomic E-state index is 0.0130. The van der Waals surface area contributed by atoms with Gasteiger partial charge in [0.1, 0.15) is 5.82 Å². The van der Waals surface area contributed by atoms with Crippen molar-refractivity contribution in [2.24, 2.45) is 17.8 Å². The van der Waals surface area contributed by atoms with Gasteiger partial charge in [0.25, 0.3) is 5.91 Å². The van der Waals surface area contributed by atoms with Gasteiger partial charge >= 0.3 is 5.97 Å². The highest BCUT2D eigenvalue weighted by atomic mass is 16.4. The number of hydrogen-bond donors (Lipinski definition) is 1. The summed E-state index contributed by atoms with van der Waals surface area (Å²) in [6.45, 7) is 4.75. The Morgan fingerprint density at radius 3 is 2.55 bits per heavy atom. The molecule has 0 saturated carbocycles. The van der Waals surface area contributed by atoms with Crippen molar-refractivity contribution >= 4 is 17.7 Å². The minimum Gasteiger partial charge on any atom is -0.481 e. The van der Waals surface area contributed by atoms with Crippen LogP contribution in [0.25, 0.3) is 0 Å². The van der Waals surface area contributed by atoms with Crippen LogP contribution in [0.5, 0.6) is 0 Å². The Hall–Kier alpha value is -2.11. The number of nitrogens with zero attached hydrogens (tertiary/aromatic N) is 3. The van der Waals surface area contributed by atoms with Gasteiger partial charge in [-0.15, -0.1) is 0 Å². The van der Waals surface area contributed by atoms with Gasteiger partial charge in [-0.25, -0.2) is 4.98 Å². The monoisotopic (exact) mass is 305 g/mol. The average Bonchev–Trinajstić information content (AvgIpc) is 2.92. The van der Waals surface area contributed by atoms with Crippen molar-refractivity contribution in [1.82, 2.24) is 9.88 Å². The zero-order chi connectivity index (χ0) is 16.4. The molecule has 0 aliphatic carbocycles. The number of carbonyl (C=O) groups excluding carboxylic acids is 1. The number of carbonyl (C=O) groups is 2. The van der Waals surface area contributed by atoms with Gasteiger partial charge < -0.3 is 14.9 Å². The van der Waals surface area contributed by atoms with Crippen molar-refractivity contribution in [2.75, 3.05) is 32.1 Å². The molecule has 6 heteroatoms. The van der Waals surface area contributed by atoms with Crippen molar-refractivity contribution in [3.63, 3.8) is 0 Å². The van der Waals surface area contributed by atoms with E-state index in [1.54, 1.807) is 28.1 Å². The van der Waals surface area contributed by atoms with Gasteiger partial charge in [-0.05, 0) is 24.0 Å². The summed E-state index contributed by atoms with van der Waals surface area (Å²) in [4.78, 5) is 31.9. The molecule has 2 heterocycles. The average molecular weight is 305 g/mol. The van der Waals surface area contributed by atoms with Crippen LogP contribution in [0.1, 0.15) is 24.2 Å². The molecule has 1 aromatic rings. The molecule has 6 nitrogen and oxygen atoms in total. The highest BCUT2D eigenvalue weighted by Gasteiger charge is 2.41. The predicted molar refractivity (Wildman–Crippen MR) is 83.9 cm³/mol. The Morgan fingerprint density at radius 2 is 2.05 bits per heavy atom. The number of carboxylic acid groups (broad SMARTS) is 1. The molecule has 1 N–H and O–H groups in total. The molecule has 1 aromatic heterocycles. The molecule has 0 spiro atoms. The van der Waals surface area contributed by atoms with Crippen molar-refractivity contribution in [3.8, 4) is 0 Å². The van der Waals surface area contributed by atoms with E-state index in [0.717, 1.165) is 0 Å². The van der Waals surface area contributed by atoms with E-state index < -0.39 is 11.9 Å². The topological polar surface area (TPSA) is 73.7 Å². The standard InChI is InChI=1S/C16H23N3O3/c1-10(2)12-8-19(9-13(12)16(21)22)15(20)11-6-5-7-17-14(11)18(3)4/h5-7,10,12-13H,8-9H2,1-4H3,(H,21,22)/t12-,13+/m0/s1. The number of amides is 1. The Bertz CT molecular complexity index is 572. The van der Waals surface area contributed by atoms with Crippen LogP contribution >= 0.6 is 0 Å². The summed E-state index contributed by atoms with van der Waals surface area (Å²) in [5.41, 5.74) is 0.515. The quantitative estimate of drug-likeness (QED) is 0.914. The summed E-state index contributed by atoms with van der Waals surface area (Å²) in [6, 6.07) is 3.47. The third kappa shape index (κ3) is 3.05. The fraction of sp³-hybridized carbons (Fsp3) is 0.562. The Kier molecular flexibility index (Phi) is 4.68. The smallest absolute Gasteiger partial charge is 0.308 e. The number of hydrogen-bond acceptors (Lipinski definition) is 4. The van der Waals surface area contributed by atoms with E-state index >= 15 is 0 Å². The Balaban J connectivity index is 2.26. The number of likely N-dealkylation sites (tertiary alicyclic amines) is 1. The molecule has 0 aromatic carbocycles. The van der Waals surface area contributed by atoms with E-state index in [-0.39, 0.29) is 24.3 Å². The van der Waals surface area contributed by atoms with E-state index in [9.17, 15) is 14.7 Å². The van der Waals surface area contributed by atoms with Crippen LogP contribution in [0.15, 0.2) is 18.3 Å². The first kappa shape index (κ1) is 16.3. The Morgan fingerprint density at radius 1 is 1.36 bits per heavy atom. The Labute approximate surface area is 130 Å². The maximum atomic E-state index is 12.8. The first-order valence-corrected chi connectivity index (χ1v) is 7.47. The van der Waals surface area contributed by atoms with Crippen molar-refractivity contribution in [2.45, 2.75) is 13.8 Å². The molecule has 0 radical (unpaired) electrons. The number of carboxylic acids is 1. The van der Waals surface area contributed by atoms with Gasteiger partial charge in [0.2, 0.25) is 0 Å². The number of pyridine rings is 1. The molecule has 1 aliphatic heterocycles. The van der Waals surface area contributed by atoms with Gasteiger partial charge in [0.05, 0.1) is 11.5 Å². The van der Waals surface area contributed by atoms with Crippen LogP contribution in [0.2, 0.25) is 0 Å². The lowest BCUT2D eigenvalue weighted by Crippen LogP contribution is -2.31. The SMILES string of the molecule is CC(C)[C@@H]1CN(C(=O)c2cccnc2N(C)C)C[C@H]1C(=O)O. The molecule has 1 amide bonds. The van der Waals surface area contributed by atoms with Crippen LogP contribution in [0.4, 0.5) is 5.82 Å². The summed E-state index contributed by atoms with van der Waals surface area (Å²) in [6.07, 6.45) is 1.65. The van der Waals surface area contributed by atoms with Gasteiger partial charge in [-0.3, -0.25) is 9.59 Å². The van der Waals surface area contributed by atoms with Crippen molar-refractivity contribution in [1.29, 1.82) is 0 Å². The molecule has 1 aliphatic rings. The van der Waals surface area contributed by atoms with Gasteiger partial charge in [-0.1, -0.05) is 13.8 Å². The lowest BCUT2D eigenvalue weighted by molar-refractivity contribution is -0.142. The number of aliphatic carboxylic acids is 1. The predicted octanol–water partition coefficient (Wildman–Crippen LogP) is 1.58. The first-order valence-electron chi connectivity index (χ1n) is 7.47. The number of rotatable bonds is 4. The molecule has 120 valence electrons. The molecule has 22 heavy (non-hydrogen) atoms. The van der Waals surface area contributed by atoms with Crippen LogP contribution < -0.4 is 4.90 Å². The summed E-state index contributed by atoms with van der Waals surface area (Å²) in [7, 11) is 3.67. The molecule has 1 fully saturated rings. The van der Waals surface area contributed by atoms with Crippen molar-refractivity contribution in [3.05, 3.63) is 23.9 Å². The van der Waals surface area contributed by atoms with Crippen molar-refractivity contribution < 1.29 is 14.7 Å². The third-order valence-electron chi connectivity index (χ3n) is 4.27. The molecule has 0 bridgehead atoms. The molecular formula is C16H23N3O3. The fourth-order valence-electron chi connectivity index (χ4n) is 3.02. The van der Waals surface area contributed by atoms with E-state index in [2.05, 4.69) is 4.98 Å². The fourth-order valence-corrected chi connectivity index (χ4v) is 3.02. The van der Waals surface area contributed by atoms with Crippen LogP contribution in [0, 0.1) is 17.8 Å². The maximum Gasteiger partial charge on any atom is 0.308 e. The van der Waals surface area contributed by atoms with E-state index in [1.165, 1.54) is 0 Å². The molecule has 2 atom stereocenters. The van der Waals surface area contributed by atoms with Crippen LogP contribution in [-0.4, -0.2) is 54.1 Å². The molecule has 0 unspecified atom stereocenters. The second-order valence-electron chi connectivity index (χ2n) is 6.33. The zero-order valence-electron chi connectivity index (χ0n) is 13.5. The summed E-state index contributed by atoms with van der Waals surface area (Å²) < 4.78 is 0. The lowest BCUT2D eigenvalue weighted by Gasteiger charge is -2.21. The second-order valence-corrected chi connectivity index (χ2v) is 6.33. The zero-order valence-corrected chi connectivity index (χ0v) is 13.5. The van der Waals surface area contributed by atoms with E-state index in [1.807, 2.05) is 27.9 Å². The maximum absolute atomic E-state index is 12.8. The van der Waals surface area contributed by atoms with Crippen LogP contribution in [-0.2, 0) is 4.79 Å². The van der Waals surface area contributed by atoms with E-state index in [0.29, 0.717) is 17.9 Å². The van der Waals surface area contributed by atoms with Gasteiger partial charge in [-0.2, -0.15) is 0 Å². The normalized spacial score (nSPS) is 21.2. The lowest BCUT2D eigenvalue weighted by atomic mass is 9.86. The highest BCUT2D eigenvalue weighted by Crippen LogP contribution is 2.31. The highest BCUT2D eigenvalue weighted by molar-refractivity contribution is 5.99. The number of aromatic nitrogens is 1.